The monoisotopic (exact) mass is 497 g/mol. The van der Waals surface area contributed by atoms with Crippen molar-refractivity contribution in [2.75, 3.05) is 53.6 Å². The molecule has 10 heteroatoms. The van der Waals surface area contributed by atoms with Gasteiger partial charge < -0.3 is 24.8 Å². The Morgan fingerprint density at radius 3 is 2.42 bits per heavy atom. The van der Waals surface area contributed by atoms with Gasteiger partial charge in [0.1, 0.15) is 11.9 Å². The first-order chi connectivity index (χ1) is 15.8. The first-order valence-corrected chi connectivity index (χ1v) is 12.7. The Kier molecular flexibility index (Phi) is 9.51. The molecule has 3 rings (SSSR count). The van der Waals surface area contributed by atoms with Gasteiger partial charge in [0.05, 0.1) is 37.4 Å². The number of fused-ring (bicyclic) bond motifs is 1. The SMILES string of the molecule is CN(C)C1Cc2ccc(Cl)cc2C1Oc1ccc(S(=O)(=O)NCCOCCOCCN)cc1. The van der Waals surface area contributed by atoms with Crippen molar-refractivity contribution in [3.63, 3.8) is 0 Å². The van der Waals surface area contributed by atoms with Crippen LogP contribution in [0.1, 0.15) is 17.2 Å². The Morgan fingerprint density at radius 1 is 1.06 bits per heavy atom. The predicted octanol–water partition coefficient (Wildman–Crippen LogP) is 2.22. The minimum atomic E-state index is -3.64. The van der Waals surface area contributed by atoms with E-state index in [0.29, 0.717) is 37.1 Å². The molecule has 0 amide bonds. The van der Waals surface area contributed by atoms with Crippen molar-refractivity contribution in [1.29, 1.82) is 0 Å². The van der Waals surface area contributed by atoms with Gasteiger partial charge in [-0.05, 0) is 68.0 Å². The third-order valence-electron chi connectivity index (χ3n) is 5.43. The van der Waals surface area contributed by atoms with Gasteiger partial charge in [-0.2, -0.15) is 0 Å². The van der Waals surface area contributed by atoms with Crippen LogP contribution in [0.4, 0.5) is 0 Å². The fourth-order valence-corrected chi connectivity index (χ4v) is 4.93. The normalized spacial score (nSPS) is 18.0. The van der Waals surface area contributed by atoms with Crippen LogP contribution in [0.5, 0.6) is 5.75 Å². The van der Waals surface area contributed by atoms with Crippen molar-refractivity contribution in [2.24, 2.45) is 5.73 Å². The number of nitrogens with one attached hydrogen (secondary N) is 1. The lowest BCUT2D eigenvalue weighted by atomic mass is 10.1. The molecule has 0 aliphatic heterocycles. The molecule has 0 heterocycles. The maximum atomic E-state index is 12.5. The Morgan fingerprint density at radius 2 is 1.76 bits per heavy atom. The topological polar surface area (TPSA) is 103 Å². The fourth-order valence-electron chi connectivity index (χ4n) is 3.73. The fraction of sp³-hybridized carbons (Fsp3) is 0.478. The average Bonchev–Trinajstić information content (AvgIpc) is 3.14. The van der Waals surface area contributed by atoms with Gasteiger partial charge in [-0.25, -0.2) is 13.1 Å². The summed E-state index contributed by atoms with van der Waals surface area (Å²) in [5.41, 5.74) is 7.60. The molecule has 2 aromatic rings. The highest BCUT2D eigenvalue weighted by Gasteiger charge is 2.35. The van der Waals surface area contributed by atoms with Gasteiger partial charge in [0.2, 0.25) is 10.0 Å². The van der Waals surface area contributed by atoms with Gasteiger partial charge in [-0.3, -0.25) is 0 Å². The third kappa shape index (κ3) is 7.13. The maximum Gasteiger partial charge on any atom is 0.240 e. The minimum absolute atomic E-state index is 0.157. The molecule has 33 heavy (non-hydrogen) atoms. The lowest BCUT2D eigenvalue weighted by Gasteiger charge is -2.27. The highest BCUT2D eigenvalue weighted by Crippen LogP contribution is 2.38. The van der Waals surface area contributed by atoms with Crippen LogP contribution in [0.2, 0.25) is 5.02 Å². The van der Waals surface area contributed by atoms with E-state index in [-0.39, 0.29) is 30.2 Å². The molecule has 2 unspecified atom stereocenters. The number of halogens is 1. The number of sulfonamides is 1. The van der Waals surface area contributed by atoms with E-state index in [1.165, 1.54) is 17.7 Å². The molecule has 0 saturated carbocycles. The zero-order chi connectivity index (χ0) is 23.8. The second-order valence-electron chi connectivity index (χ2n) is 8.00. The van der Waals surface area contributed by atoms with Crippen LogP contribution in [-0.2, 0) is 25.9 Å². The van der Waals surface area contributed by atoms with Crippen LogP contribution in [0.25, 0.3) is 0 Å². The van der Waals surface area contributed by atoms with Crippen molar-refractivity contribution < 1.29 is 22.6 Å². The second-order valence-corrected chi connectivity index (χ2v) is 10.2. The highest BCUT2D eigenvalue weighted by molar-refractivity contribution is 7.89. The van der Waals surface area contributed by atoms with E-state index in [4.69, 9.17) is 31.5 Å². The third-order valence-corrected chi connectivity index (χ3v) is 7.14. The molecule has 0 saturated heterocycles. The summed E-state index contributed by atoms with van der Waals surface area (Å²) in [4.78, 5) is 2.30. The minimum Gasteiger partial charge on any atom is -0.484 e. The Balaban J connectivity index is 1.57. The number of nitrogens with zero attached hydrogens (tertiary/aromatic N) is 1. The van der Waals surface area contributed by atoms with Gasteiger partial charge in [0.25, 0.3) is 0 Å². The molecule has 2 atom stereocenters. The van der Waals surface area contributed by atoms with E-state index in [9.17, 15) is 8.42 Å². The number of nitrogens with two attached hydrogens (primary N) is 1. The number of hydrogen-bond acceptors (Lipinski definition) is 7. The molecule has 2 aromatic carbocycles. The zero-order valence-electron chi connectivity index (χ0n) is 19.0. The summed E-state index contributed by atoms with van der Waals surface area (Å²) in [5.74, 6) is 0.597. The number of rotatable bonds is 13. The number of ether oxygens (including phenoxy) is 3. The average molecular weight is 498 g/mol. The van der Waals surface area contributed by atoms with Crippen molar-refractivity contribution in [2.45, 2.75) is 23.5 Å². The van der Waals surface area contributed by atoms with E-state index in [0.717, 1.165) is 12.0 Å². The summed E-state index contributed by atoms with van der Waals surface area (Å²) < 4.78 is 44.4. The molecule has 0 aromatic heterocycles. The van der Waals surface area contributed by atoms with Gasteiger partial charge in [0.15, 0.2) is 0 Å². The lowest BCUT2D eigenvalue weighted by molar-refractivity contribution is 0.0530. The van der Waals surface area contributed by atoms with Gasteiger partial charge in [-0.1, -0.05) is 17.7 Å². The van der Waals surface area contributed by atoms with Crippen LogP contribution in [0.3, 0.4) is 0 Å². The van der Waals surface area contributed by atoms with Crippen molar-refractivity contribution in [3.05, 3.63) is 58.6 Å². The Bertz CT molecular complexity index is 1000. The molecule has 0 fully saturated rings. The van der Waals surface area contributed by atoms with Crippen LogP contribution >= 0.6 is 11.6 Å². The van der Waals surface area contributed by atoms with Gasteiger partial charge >= 0.3 is 0 Å². The predicted molar refractivity (Wildman–Crippen MR) is 128 cm³/mol. The lowest BCUT2D eigenvalue weighted by Crippen LogP contribution is -2.34. The molecular weight excluding hydrogens is 466 g/mol. The molecule has 1 aliphatic carbocycles. The quantitative estimate of drug-likeness (QED) is 0.409. The van der Waals surface area contributed by atoms with E-state index < -0.39 is 10.0 Å². The summed E-state index contributed by atoms with van der Waals surface area (Å²) in [6.45, 7) is 2.17. The van der Waals surface area contributed by atoms with E-state index in [1.54, 1.807) is 12.1 Å². The number of likely N-dealkylation sites (N-methyl/N-ethyl adjacent to an activating group) is 1. The molecular formula is C23H32ClN3O5S. The molecule has 0 radical (unpaired) electrons. The Hall–Kier alpha value is -1.72. The van der Waals surface area contributed by atoms with Crippen LogP contribution < -0.4 is 15.2 Å². The molecule has 3 N–H and O–H groups in total. The summed E-state index contributed by atoms with van der Waals surface area (Å²) in [5, 5.41) is 0.668. The first kappa shape index (κ1) is 25.9. The molecule has 1 aliphatic rings. The van der Waals surface area contributed by atoms with E-state index >= 15 is 0 Å². The van der Waals surface area contributed by atoms with Crippen LogP contribution in [0.15, 0.2) is 47.4 Å². The van der Waals surface area contributed by atoms with E-state index in [2.05, 4.69) is 9.62 Å². The zero-order valence-corrected chi connectivity index (χ0v) is 20.6. The van der Waals surface area contributed by atoms with Crippen molar-refractivity contribution in [3.8, 4) is 5.75 Å². The largest absolute Gasteiger partial charge is 0.484 e. The van der Waals surface area contributed by atoms with Crippen LogP contribution in [-0.4, -0.2) is 73.0 Å². The number of benzene rings is 2. The molecule has 182 valence electrons. The molecule has 0 bridgehead atoms. The Labute approximate surface area is 201 Å². The molecule has 8 nitrogen and oxygen atoms in total. The van der Waals surface area contributed by atoms with Crippen molar-refractivity contribution in [1.82, 2.24) is 9.62 Å². The second kappa shape index (κ2) is 12.1. The van der Waals surface area contributed by atoms with Gasteiger partial charge in [0, 0.05) is 18.1 Å². The maximum absolute atomic E-state index is 12.5. The highest BCUT2D eigenvalue weighted by atomic mass is 35.5. The first-order valence-electron chi connectivity index (χ1n) is 10.9. The summed E-state index contributed by atoms with van der Waals surface area (Å²) in [7, 11) is 0.398. The van der Waals surface area contributed by atoms with Gasteiger partial charge in [-0.15, -0.1) is 0 Å². The number of hydrogen-bond donors (Lipinski definition) is 2. The summed E-state index contributed by atoms with van der Waals surface area (Å²) in [6.07, 6.45) is 0.669. The van der Waals surface area contributed by atoms with E-state index in [1.807, 2.05) is 32.3 Å². The summed E-state index contributed by atoms with van der Waals surface area (Å²) in [6, 6.07) is 12.5. The van der Waals surface area contributed by atoms with Crippen LogP contribution in [0, 0.1) is 0 Å². The standard InChI is InChI=1S/C23H32ClN3O5S/c1-27(2)22-15-17-3-4-18(24)16-21(17)23(22)32-19-5-7-20(8-6-19)33(28,29)26-10-12-31-14-13-30-11-9-25/h3-8,16,22-23,26H,9-15,25H2,1-2H3. The smallest absolute Gasteiger partial charge is 0.240 e. The van der Waals surface area contributed by atoms with Crippen molar-refractivity contribution >= 4 is 21.6 Å². The summed E-state index contributed by atoms with van der Waals surface area (Å²) >= 11 is 6.22. The molecule has 0 spiro atoms.